The quantitative estimate of drug-likeness (QED) is 0.836. The van der Waals surface area contributed by atoms with E-state index in [1.54, 1.807) is 30.3 Å². The van der Waals surface area contributed by atoms with E-state index in [1.165, 1.54) is 12.1 Å². The van der Waals surface area contributed by atoms with Crippen LogP contribution in [0.4, 0.5) is 13.6 Å². The number of carbonyl (C=O) groups is 1. The van der Waals surface area contributed by atoms with Gasteiger partial charge in [-0.1, -0.05) is 35.9 Å². The van der Waals surface area contributed by atoms with Crippen LogP contribution in [0.2, 0.25) is 5.02 Å². The number of urea groups is 1. The van der Waals surface area contributed by atoms with Crippen LogP contribution < -0.4 is 15.4 Å². The van der Waals surface area contributed by atoms with E-state index in [0.717, 1.165) is 11.1 Å². The maximum Gasteiger partial charge on any atom is 0.387 e. The van der Waals surface area contributed by atoms with Crippen molar-refractivity contribution in [1.82, 2.24) is 10.6 Å². The normalized spacial score (nSPS) is 10.4. The Morgan fingerprint density at radius 1 is 1.04 bits per heavy atom. The van der Waals surface area contributed by atoms with Crippen LogP contribution in [-0.4, -0.2) is 12.6 Å². The van der Waals surface area contributed by atoms with Crippen molar-refractivity contribution < 1.29 is 18.3 Å². The summed E-state index contributed by atoms with van der Waals surface area (Å²) in [5.41, 5.74) is 1.66. The molecule has 0 aromatic heterocycles. The van der Waals surface area contributed by atoms with Gasteiger partial charge in [0.1, 0.15) is 5.75 Å². The van der Waals surface area contributed by atoms with E-state index in [9.17, 15) is 13.6 Å². The van der Waals surface area contributed by atoms with Crippen molar-refractivity contribution in [2.45, 2.75) is 19.7 Å². The van der Waals surface area contributed by atoms with E-state index in [1.807, 2.05) is 6.07 Å². The lowest BCUT2D eigenvalue weighted by molar-refractivity contribution is -0.0498. The Kier molecular flexibility index (Phi) is 6.17. The van der Waals surface area contributed by atoms with Gasteiger partial charge < -0.3 is 15.4 Å². The predicted octanol–water partition coefficient (Wildman–Crippen LogP) is 3.94. The van der Waals surface area contributed by atoms with Gasteiger partial charge in [0.2, 0.25) is 0 Å². The Bertz CT molecular complexity index is 651. The highest BCUT2D eigenvalue weighted by Gasteiger charge is 2.05. The second kappa shape index (κ2) is 8.33. The number of ether oxygens (including phenoxy) is 1. The molecule has 0 bridgehead atoms. The number of alkyl halides is 2. The molecule has 4 nitrogen and oxygen atoms in total. The van der Waals surface area contributed by atoms with Crippen LogP contribution in [0.15, 0.2) is 48.5 Å². The van der Waals surface area contributed by atoms with Crippen LogP contribution >= 0.6 is 11.6 Å². The van der Waals surface area contributed by atoms with Gasteiger partial charge in [0.25, 0.3) is 0 Å². The number of benzene rings is 2. The molecule has 0 atom stereocenters. The molecule has 7 heteroatoms. The summed E-state index contributed by atoms with van der Waals surface area (Å²) in [5, 5.41) is 5.98. The average Bonchev–Trinajstić information content (AvgIpc) is 2.52. The third-order valence-corrected chi connectivity index (χ3v) is 3.18. The molecule has 0 saturated heterocycles. The van der Waals surface area contributed by atoms with Gasteiger partial charge >= 0.3 is 12.6 Å². The first-order chi connectivity index (χ1) is 11.0. The van der Waals surface area contributed by atoms with Crippen LogP contribution in [0.3, 0.4) is 0 Å². The molecule has 2 aromatic carbocycles. The molecule has 0 unspecified atom stereocenters. The number of rotatable bonds is 6. The van der Waals surface area contributed by atoms with Crippen molar-refractivity contribution in [2.75, 3.05) is 0 Å². The number of carbonyl (C=O) groups excluding carboxylic acids is 1. The minimum absolute atomic E-state index is 0.0779. The van der Waals surface area contributed by atoms with Crippen molar-refractivity contribution in [3.8, 4) is 5.75 Å². The highest BCUT2D eigenvalue weighted by Crippen LogP contribution is 2.14. The molecule has 0 spiro atoms. The summed E-state index contributed by atoms with van der Waals surface area (Å²) in [6, 6.07) is 12.9. The summed E-state index contributed by atoms with van der Waals surface area (Å²) in [6.45, 7) is -2.22. The van der Waals surface area contributed by atoms with Gasteiger partial charge in [-0.15, -0.1) is 0 Å². The highest BCUT2D eigenvalue weighted by atomic mass is 35.5. The molecule has 0 heterocycles. The Hall–Kier alpha value is -2.34. The van der Waals surface area contributed by atoms with Gasteiger partial charge in [-0.3, -0.25) is 0 Å². The minimum atomic E-state index is -2.85. The van der Waals surface area contributed by atoms with Crippen molar-refractivity contribution >= 4 is 17.6 Å². The molecule has 0 aliphatic heterocycles. The zero-order valence-corrected chi connectivity index (χ0v) is 12.8. The van der Waals surface area contributed by atoms with E-state index in [2.05, 4.69) is 15.4 Å². The van der Waals surface area contributed by atoms with Crippen LogP contribution in [0.5, 0.6) is 5.75 Å². The van der Waals surface area contributed by atoms with Crippen LogP contribution in [0, 0.1) is 0 Å². The second-order valence-electron chi connectivity index (χ2n) is 4.69. The molecular weight excluding hydrogens is 326 g/mol. The first-order valence-corrected chi connectivity index (χ1v) is 7.20. The van der Waals surface area contributed by atoms with E-state index in [4.69, 9.17) is 11.6 Å². The molecule has 122 valence electrons. The third kappa shape index (κ3) is 6.12. The summed E-state index contributed by atoms with van der Waals surface area (Å²) in [5.74, 6) is 0.0779. The first-order valence-electron chi connectivity index (χ1n) is 6.83. The Morgan fingerprint density at radius 3 is 2.30 bits per heavy atom. The van der Waals surface area contributed by atoms with E-state index in [-0.39, 0.29) is 18.3 Å². The van der Waals surface area contributed by atoms with E-state index < -0.39 is 6.61 Å². The molecule has 0 fully saturated rings. The van der Waals surface area contributed by atoms with Crippen molar-refractivity contribution in [3.05, 3.63) is 64.7 Å². The summed E-state index contributed by atoms with van der Waals surface area (Å²) in [7, 11) is 0. The fourth-order valence-electron chi connectivity index (χ4n) is 1.86. The number of nitrogens with one attached hydrogen (secondary N) is 2. The summed E-state index contributed by atoms with van der Waals surface area (Å²) < 4.78 is 28.3. The summed E-state index contributed by atoms with van der Waals surface area (Å²) in [6.07, 6.45) is 0. The Labute approximate surface area is 137 Å². The monoisotopic (exact) mass is 340 g/mol. The molecule has 0 aliphatic rings. The molecule has 2 rings (SSSR count). The van der Waals surface area contributed by atoms with Gasteiger partial charge in [-0.2, -0.15) is 8.78 Å². The van der Waals surface area contributed by atoms with Crippen molar-refractivity contribution in [3.63, 3.8) is 0 Å². The third-order valence-electron chi connectivity index (χ3n) is 2.94. The summed E-state index contributed by atoms with van der Waals surface area (Å²) in [4.78, 5) is 11.7. The van der Waals surface area contributed by atoms with Crippen LogP contribution in [-0.2, 0) is 13.1 Å². The Balaban J connectivity index is 1.75. The zero-order valence-electron chi connectivity index (χ0n) is 12.1. The predicted molar refractivity (Wildman–Crippen MR) is 83.6 cm³/mol. The highest BCUT2D eigenvalue weighted by molar-refractivity contribution is 6.30. The molecule has 2 amide bonds. The maximum atomic E-state index is 12.0. The summed E-state index contributed by atoms with van der Waals surface area (Å²) >= 11 is 5.86. The van der Waals surface area contributed by atoms with Crippen molar-refractivity contribution in [2.24, 2.45) is 0 Å². The Morgan fingerprint density at radius 2 is 1.70 bits per heavy atom. The molecule has 0 radical (unpaired) electrons. The largest absolute Gasteiger partial charge is 0.435 e. The lowest BCUT2D eigenvalue weighted by Crippen LogP contribution is -2.34. The smallest absolute Gasteiger partial charge is 0.387 e. The van der Waals surface area contributed by atoms with Gasteiger partial charge in [-0.25, -0.2) is 4.79 Å². The number of hydrogen-bond donors (Lipinski definition) is 2. The molecule has 2 N–H and O–H groups in total. The first kappa shape index (κ1) is 17.0. The zero-order chi connectivity index (χ0) is 16.7. The van der Waals surface area contributed by atoms with E-state index >= 15 is 0 Å². The lowest BCUT2D eigenvalue weighted by Gasteiger charge is -2.09. The molecular formula is C16H15ClF2N2O2. The van der Waals surface area contributed by atoms with Gasteiger partial charge in [0, 0.05) is 18.1 Å². The molecule has 0 saturated carbocycles. The molecule has 2 aromatic rings. The van der Waals surface area contributed by atoms with Gasteiger partial charge in [0.15, 0.2) is 0 Å². The average molecular weight is 341 g/mol. The fourth-order valence-corrected chi connectivity index (χ4v) is 2.08. The fraction of sp³-hybridized carbons (Fsp3) is 0.188. The minimum Gasteiger partial charge on any atom is -0.435 e. The SMILES string of the molecule is O=C(NCc1ccc(OC(F)F)cc1)NCc1cccc(Cl)c1. The second-order valence-corrected chi connectivity index (χ2v) is 5.13. The molecule has 23 heavy (non-hydrogen) atoms. The number of amides is 2. The standard InChI is InChI=1S/C16H15ClF2N2O2/c17-13-3-1-2-12(8-13)10-21-16(22)20-9-11-4-6-14(7-5-11)23-15(18)19/h1-8,15H,9-10H2,(H2,20,21,22). The number of halogens is 3. The lowest BCUT2D eigenvalue weighted by atomic mass is 10.2. The topological polar surface area (TPSA) is 50.4 Å². The van der Waals surface area contributed by atoms with Gasteiger partial charge in [0.05, 0.1) is 0 Å². The van der Waals surface area contributed by atoms with E-state index in [0.29, 0.717) is 11.6 Å². The van der Waals surface area contributed by atoms with Crippen LogP contribution in [0.1, 0.15) is 11.1 Å². The van der Waals surface area contributed by atoms with Crippen molar-refractivity contribution in [1.29, 1.82) is 0 Å². The van der Waals surface area contributed by atoms with Gasteiger partial charge in [-0.05, 0) is 35.4 Å². The molecule has 0 aliphatic carbocycles. The maximum absolute atomic E-state index is 12.0. The number of hydrogen-bond acceptors (Lipinski definition) is 2. The van der Waals surface area contributed by atoms with Crippen LogP contribution in [0.25, 0.3) is 0 Å².